The molecule has 0 saturated carbocycles. The molecule has 0 fully saturated rings. The minimum Gasteiger partial charge on any atom is -0.493 e. The van der Waals surface area contributed by atoms with Gasteiger partial charge in [0.05, 0.1) is 19.8 Å². The molecule has 2 atom stereocenters. The number of hydrogen-bond donors (Lipinski definition) is 1. The number of benzene rings is 4. The molecule has 4 aromatic carbocycles. The van der Waals surface area contributed by atoms with Gasteiger partial charge in [-0.05, 0) is 61.2 Å². The second-order valence-electron chi connectivity index (χ2n) is 10.5. The van der Waals surface area contributed by atoms with E-state index in [1.54, 1.807) is 66.6 Å². The number of anilines is 1. The topological polar surface area (TPSA) is 96.4 Å². The van der Waals surface area contributed by atoms with Crippen LogP contribution in [0.4, 0.5) is 5.69 Å². The number of carbonyl (C=O) groups is 3. The molecule has 0 bridgehead atoms. The van der Waals surface area contributed by atoms with Gasteiger partial charge in [-0.25, -0.2) is 4.90 Å². The Kier molecular flexibility index (Phi) is 7.22. The van der Waals surface area contributed by atoms with Gasteiger partial charge in [0.15, 0.2) is 17.7 Å². The Morgan fingerprint density at radius 2 is 1.67 bits per heavy atom. The lowest BCUT2D eigenvalue weighted by atomic mass is 10.1. The first-order valence-electron chi connectivity index (χ1n) is 13.8. The third-order valence-corrected chi connectivity index (χ3v) is 7.78. The number of aryl methyl sites for hydroxylation is 1. The zero-order valence-electron chi connectivity index (χ0n) is 23.3. The summed E-state index contributed by atoms with van der Waals surface area (Å²) in [7, 11) is 1.58. The Labute approximate surface area is 243 Å². The molecule has 42 heavy (non-hydrogen) atoms. The third-order valence-electron chi connectivity index (χ3n) is 7.78. The van der Waals surface area contributed by atoms with Crippen molar-refractivity contribution in [3.63, 3.8) is 0 Å². The quantitative estimate of drug-likeness (QED) is 0.283. The summed E-state index contributed by atoms with van der Waals surface area (Å²) >= 11 is 0. The molecule has 0 aliphatic carbocycles. The van der Waals surface area contributed by atoms with Crippen LogP contribution in [0.2, 0.25) is 0 Å². The van der Waals surface area contributed by atoms with Gasteiger partial charge >= 0.3 is 0 Å². The summed E-state index contributed by atoms with van der Waals surface area (Å²) in [6.45, 7) is 2.32. The number of fused-ring (bicyclic) bond motifs is 2. The summed E-state index contributed by atoms with van der Waals surface area (Å²) in [5, 5.41) is 10.7. The van der Waals surface area contributed by atoms with E-state index in [9.17, 15) is 19.5 Å². The van der Waals surface area contributed by atoms with Gasteiger partial charge in [-0.1, -0.05) is 54.6 Å². The Balaban J connectivity index is 1.19. The summed E-state index contributed by atoms with van der Waals surface area (Å²) in [5.41, 5.74) is 3.81. The summed E-state index contributed by atoms with van der Waals surface area (Å²) in [6, 6.07) is 27.0. The van der Waals surface area contributed by atoms with Crippen molar-refractivity contribution >= 4 is 23.4 Å². The maximum absolute atomic E-state index is 13.6. The van der Waals surface area contributed by atoms with Gasteiger partial charge in [0.2, 0.25) is 0 Å². The van der Waals surface area contributed by atoms with E-state index >= 15 is 0 Å². The lowest BCUT2D eigenvalue weighted by Crippen LogP contribution is -2.34. The highest BCUT2D eigenvalue weighted by atomic mass is 16.5. The van der Waals surface area contributed by atoms with E-state index in [4.69, 9.17) is 9.47 Å². The maximum atomic E-state index is 13.6. The van der Waals surface area contributed by atoms with E-state index in [2.05, 4.69) is 12.1 Å². The molecular formula is C34H30N2O6. The van der Waals surface area contributed by atoms with E-state index in [0.29, 0.717) is 34.9 Å². The van der Waals surface area contributed by atoms with Gasteiger partial charge in [0, 0.05) is 34.0 Å². The molecule has 1 N–H and O–H groups in total. The second-order valence-corrected chi connectivity index (χ2v) is 10.5. The van der Waals surface area contributed by atoms with Crippen molar-refractivity contribution in [3.8, 4) is 11.5 Å². The summed E-state index contributed by atoms with van der Waals surface area (Å²) in [4.78, 5) is 42.2. The number of aliphatic hydroxyl groups is 1. The van der Waals surface area contributed by atoms with E-state index in [0.717, 1.165) is 23.3 Å². The fourth-order valence-corrected chi connectivity index (χ4v) is 5.50. The predicted octanol–water partition coefficient (Wildman–Crippen LogP) is 5.54. The number of ether oxygens (including phenoxy) is 2. The molecule has 2 aliphatic rings. The molecule has 212 valence electrons. The Morgan fingerprint density at radius 1 is 0.905 bits per heavy atom. The van der Waals surface area contributed by atoms with Crippen molar-refractivity contribution in [1.29, 1.82) is 0 Å². The van der Waals surface area contributed by atoms with Crippen molar-refractivity contribution in [2.75, 3.05) is 12.0 Å². The Hall–Kier alpha value is -4.95. The number of methoxy groups -OCH3 is 1. The normalized spacial score (nSPS) is 16.3. The van der Waals surface area contributed by atoms with Crippen LogP contribution in [0.25, 0.3) is 0 Å². The van der Waals surface area contributed by atoms with E-state index < -0.39 is 18.0 Å². The molecule has 4 aromatic rings. The fourth-order valence-electron chi connectivity index (χ4n) is 5.50. The van der Waals surface area contributed by atoms with Crippen molar-refractivity contribution in [3.05, 3.63) is 124 Å². The number of hydrogen-bond acceptors (Lipinski definition) is 6. The van der Waals surface area contributed by atoms with Crippen molar-refractivity contribution in [2.45, 2.75) is 38.6 Å². The van der Waals surface area contributed by atoms with Gasteiger partial charge in [-0.3, -0.25) is 14.4 Å². The number of amides is 3. The zero-order valence-corrected chi connectivity index (χ0v) is 23.3. The first kappa shape index (κ1) is 27.2. The standard InChI is InChI=1S/C34H30N2O6/c1-21(12-13-22-8-4-3-5-9-22)42-30-19-25(16-17-29(30)41-2)35-20-24-15-14-23(18-28(24)32(35)38)31(37)36-33(39)26-10-6-7-11-27(26)34(36)40/h3-11,14-19,21,33,39H,12-13,20H2,1-2H3. The first-order chi connectivity index (χ1) is 20.4. The highest BCUT2D eigenvalue weighted by molar-refractivity contribution is 6.15. The van der Waals surface area contributed by atoms with Crippen LogP contribution < -0.4 is 14.4 Å². The van der Waals surface area contributed by atoms with Crippen LogP contribution in [-0.4, -0.2) is 40.9 Å². The summed E-state index contributed by atoms with van der Waals surface area (Å²) < 4.78 is 11.8. The number of aliphatic hydroxyl groups excluding tert-OH is 1. The lowest BCUT2D eigenvalue weighted by molar-refractivity contribution is 0.0176. The highest BCUT2D eigenvalue weighted by Crippen LogP contribution is 2.37. The van der Waals surface area contributed by atoms with Gasteiger partial charge in [-0.15, -0.1) is 0 Å². The molecule has 2 unspecified atom stereocenters. The van der Waals surface area contributed by atoms with Crippen molar-refractivity contribution < 1.29 is 29.0 Å². The molecule has 0 saturated heterocycles. The first-order valence-corrected chi connectivity index (χ1v) is 13.8. The minimum absolute atomic E-state index is 0.0933. The molecule has 0 radical (unpaired) electrons. The molecule has 2 aliphatic heterocycles. The molecule has 6 rings (SSSR count). The van der Waals surface area contributed by atoms with Gasteiger partial charge in [0.1, 0.15) is 0 Å². The number of rotatable bonds is 8. The number of carbonyl (C=O) groups excluding carboxylic acids is 3. The van der Waals surface area contributed by atoms with E-state index in [1.165, 1.54) is 11.6 Å². The van der Waals surface area contributed by atoms with Crippen LogP contribution >= 0.6 is 0 Å². The third kappa shape index (κ3) is 4.90. The predicted molar refractivity (Wildman–Crippen MR) is 157 cm³/mol. The van der Waals surface area contributed by atoms with Crippen LogP contribution in [-0.2, 0) is 13.0 Å². The molecule has 0 aromatic heterocycles. The van der Waals surface area contributed by atoms with Crippen LogP contribution in [0.15, 0.2) is 91.0 Å². The van der Waals surface area contributed by atoms with Gasteiger partial charge in [-0.2, -0.15) is 0 Å². The lowest BCUT2D eigenvalue weighted by Gasteiger charge is -2.21. The van der Waals surface area contributed by atoms with Crippen LogP contribution in [0, 0.1) is 0 Å². The summed E-state index contributed by atoms with van der Waals surface area (Å²) in [5.74, 6) is -0.402. The second kappa shape index (κ2) is 11.1. The Morgan fingerprint density at radius 3 is 2.43 bits per heavy atom. The molecule has 3 amide bonds. The largest absolute Gasteiger partial charge is 0.493 e. The number of imide groups is 1. The smallest absolute Gasteiger partial charge is 0.263 e. The molecule has 2 heterocycles. The van der Waals surface area contributed by atoms with Crippen LogP contribution in [0.5, 0.6) is 11.5 Å². The minimum atomic E-state index is -1.38. The average molecular weight is 563 g/mol. The molecule has 8 nitrogen and oxygen atoms in total. The monoisotopic (exact) mass is 562 g/mol. The number of nitrogens with zero attached hydrogens (tertiary/aromatic N) is 2. The van der Waals surface area contributed by atoms with Crippen LogP contribution in [0.1, 0.15) is 67.3 Å². The Bertz CT molecular complexity index is 1680. The average Bonchev–Trinajstić information content (AvgIpc) is 3.48. The zero-order chi connectivity index (χ0) is 29.4. The summed E-state index contributed by atoms with van der Waals surface area (Å²) in [6.07, 6.45) is 0.206. The van der Waals surface area contributed by atoms with Gasteiger partial charge < -0.3 is 19.5 Å². The van der Waals surface area contributed by atoms with Gasteiger partial charge in [0.25, 0.3) is 17.7 Å². The van der Waals surface area contributed by atoms with Crippen molar-refractivity contribution in [1.82, 2.24) is 4.90 Å². The van der Waals surface area contributed by atoms with Crippen LogP contribution in [0.3, 0.4) is 0 Å². The SMILES string of the molecule is COc1ccc(N2Cc3ccc(C(=O)N4C(=O)c5ccccc5C4O)cc3C2=O)cc1OC(C)CCc1ccccc1. The highest BCUT2D eigenvalue weighted by Gasteiger charge is 2.40. The van der Waals surface area contributed by atoms with E-state index in [-0.39, 0.29) is 23.1 Å². The molecule has 0 spiro atoms. The van der Waals surface area contributed by atoms with E-state index in [1.807, 2.05) is 25.1 Å². The molecular weight excluding hydrogens is 532 g/mol. The fraction of sp³-hybridized carbons (Fsp3) is 0.206. The maximum Gasteiger partial charge on any atom is 0.263 e. The molecule has 8 heteroatoms. The van der Waals surface area contributed by atoms with Crippen molar-refractivity contribution in [2.24, 2.45) is 0 Å².